The Morgan fingerprint density at radius 3 is 2.90 bits per heavy atom. The van der Waals surface area contributed by atoms with Crippen LogP contribution in [0.2, 0.25) is 0 Å². The summed E-state index contributed by atoms with van der Waals surface area (Å²) in [5, 5.41) is 16.1. The fourth-order valence-electron chi connectivity index (χ4n) is 2.53. The number of pyridine rings is 1. The van der Waals surface area contributed by atoms with Crippen molar-refractivity contribution in [1.29, 1.82) is 0 Å². The first-order valence-corrected chi connectivity index (χ1v) is 6.86. The van der Waals surface area contributed by atoms with Gasteiger partial charge in [-0.15, -0.1) is 10.2 Å². The summed E-state index contributed by atoms with van der Waals surface area (Å²) in [7, 11) is 0. The van der Waals surface area contributed by atoms with E-state index in [1.807, 2.05) is 51.9 Å². The molecule has 0 unspecified atom stereocenters. The van der Waals surface area contributed by atoms with Crippen LogP contribution >= 0.6 is 0 Å². The molecule has 1 saturated carbocycles. The van der Waals surface area contributed by atoms with E-state index in [4.69, 9.17) is 0 Å². The highest BCUT2D eigenvalue weighted by Gasteiger charge is 2.43. The van der Waals surface area contributed by atoms with E-state index in [2.05, 4.69) is 20.6 Å². The lowest BCUT2D eigenvalue weighted by molar-refractivity contribution is 0.415. The van der Waals surface area contributed by atoms with Gasteiger partial charge in [-0.1, -0.05) is 6.07 Å². The number of hydrogen-bond acceptors (Lipinski definition) is 4. The molecule has 0 atom stereocenters. The maximum atomic E-state index is 4.29. The molecule has 1 N–H and O–H groups in total. The largest absolute Gasteiger partial charge is 0.353 e. The van der Waals surface area contributed by atoms with Gasteiger partial charge in [-0.3, -0.25) is 9.08 Å². The Labute approximate surface area is 116 Å². The van der Waals surface area contributed by atoms with E-state index in [9.17, 15) is 0 Å². The topological polar surface area (TPSA) is 60.0 Å². The second-order valence-corrected chi connectivity index (χ2v) is 5.51. The SMILES string of the molecule is c1ccn2c(NCC3(Cn4cccn4)CC3)nnc2c1. The summed E-state index contributed by atoms with van der Waals surface area (Å²) in [4.78, 5) is 0. The number of aromatic nitrogens is 5. The first kappa shape index (κ1) is 11.5. The van der Waals surface area contributed by atoms with Crippen LogP contribution in [0, 0.1) is 5.41 Å². The van der Waals surface area contributed by atoms with Crippen molar-refractivity contribution in [1.82, 2.24) is 24.4 Å². The van der Waals surface area contributed by atoms with Crippen molar-refractivity contribution in [2.45, 2.75) is 19.4 Å². The van der Waals surface area contributed by atoms with E-state index < -0.39 is 0 Å². The van der Waals surface area contributed by atoms with Gasteiger partial charge in [0.15, 0.2) is 5.65 Å². The Hall–Kier alpha value is -2.37. The van der Waals surface area contributed by atoms with Crippen molar-refractivity contribution in [2.75, 3.05) is 11.9 Å². The summed E-state index contributed by atoms with van der Waals surface area (Å²) in [5.41, 5.74) is 1.18. The molecular weight excluding hydrogens is 252 g/mol. The van der Waals surface area contributed by atoms with Crippen molar-refractivity contribution in [3.8, 4) is 0 Å². The zero-order valence-corrected chi connectivity index (χ0v) is 11.1. The molecule has 1 aliphatic carbocycles. The molecule has 6 nitrogen and oxygen atoms in total. The molecule has 4 rings (SSSR count). The minimum Gasteiger partial charge on any atom is -0.353 e. The van der Waals surface area contributed by atoms with E-state index in [0.29, 0.717) is 5.41 Å². The van der Waals surface area contributed by atoms with Crippen LogP contribution in [0.15, 0.2) is 42.9 Å². The minimum atomic E-state index is 0.312. The molecule has 0 aromatic carbocycles. The van der Waals surface area contributed by atoms with Gasteiger partial charge in [0, 0.05) is 37.1 Å². The molecule has 1 aliphatic rings. The van der Waals surface area contributed by atoms with E-state index in [-0.39, 0.29) is 0 Å². The standard InChI is InChI=1S/C14H16N6/c1-2-9-20-12(4-1)17-18-13(20)15-10-14(5-6-14)11-19-8-3-7-16-19/h1-4,7-9H,5-6,10-11H2,(H,15,18). The highest BCUT2D eigenvalue weighted by atomic mass is 15.3. The van der Waals surface area contributed by atoms with E-state index >= 15 is 0 Å². The Morgan fingerprint density at radius 1 is 1.15 bits per heavy atom. The van der Waals surface area contributed by atoms with Crippen LogP contribution in [-0.4, -0.2) is 30.9 Å². The predicted octanol–water partition coefficient (Wildman–Crippen LogP) is 1.82. The Kier molecular flexibility index (Phi) is 2.48. The van der Waals surface area contributed by atoms with Gasteiger partial charge in [0.05, 0.1) is 0 Å². The van der Waals surface area contributed by atoms with Crippen LogP contribution in [0.3, 0.4) is 0 Å². The lowest BCUT2D eigenvalue weighted by Gasteiger charge is -2.15. The summed E-state index contributed by atoms with van der Waals surface area (Å²) >= 11 is 0. The van der Waals surface area contributed by atoms with Gasteiger partial charge in [-0.25, -0.2) is 0 Å². The first-order chi connectivity index (χ1) is 9.85. The van der Waals surface area contributed by atoms with Gasteiger partial charge in [-0.05, 0) is 31.0 Å². The number of fused-ring (bicyclic) bond motifs is 1. The molecule has 0 bridgehead atoms. The third-order valence-electron chi connectivity index (χ3n) is 3.95. The number of nitrogens with one attached hydrogen (secondary N) is 1. The molecule has 6 heteroatoms. The molecule has 102 valence electrons. The predicted molar refractivity (Wildman–Crippen MR) is 75.4 cm³/mol. The van der Waals surface area contributed by atoms with E-state index in [1.54, 1.807) is 0 Å². The lowest BCUT2D eigenvalue weighted by Crippen LogP contribution is -2.22. The molecule has 3 aromatic heterocycles. The molecule has 0 spiro atoms. The third-order valence-corrected chi connectivity index (χ3v) is 3.95. The summed E-state index contributed by atoms with van der Waals surface area (Å²) < 4.78 is 3.99. The van der Waals surface area contributed by atoms with Crippen molar-refractivity contribution in [3.05, 3.63) is 42.9 Å². The van der Waals surface area contributed by atoms with Crippen LogP contribution in [0.25, 0.3) is 5.65 Å². The zero-order valence-electron chi connectivity index (χ0n) is 11.1. The molecule has 20 heavy (non-hydrogen) atoms. The van der Waals surface area contributed by atoms with Gasteiger partial charge in [0.25, 0.3) is 0 Å². The highest BCUT2D eigenvalue weighted by Crippen LogP contribution is 2.46. The zero-order chi connectivity index (χ0) is 13.4. The molecule has 3 heterocycles. The van der Waals surface area contributed by atoms with Crippen LogP contribution in [0.1, 0.15) is 12.8 Å². The normalized spacial score (nSPS) is 16.4. The monoisotopic (exact) mass is 268 g/mol. The molecule has 0 saturated heterocycles. The Bertz CT molecular complexity index is 710. The van der Waals surface area contributed by atoms with Crippen molar-refractivity contribution >= 4 is 11.6 Å². The van der Waals surface area contributed by atoms with Crippen LogP contribution in [0.4, 0.5) is 5.95 Å². The van der Waals surface area contributed by atoms with Crippen LogP contribution in [0.5, 0.6) is 0 Å². The van der Waals surface area contributed by atoms with Crippen LogP contribution in [-0.2, 0) is 6.54 Å². The maximum Gasteiger partial charge on any atom is 0.229 e. The molecular formula is C14H16N6. The second kappa shape index (κ2) is 4.33. The molecule has 0 amide bonds. The smallest absolute Gasteiger partial charge is 0.229 e. The van der Waals surface area contributed by atoms with Gasteiger partial charge in [0.2, 0.25) is 5.95 Å². The van der Waals surface area contributed by atoms with Crippen molar-refractivity contribution < 1.29 is 0 Å². The minimum absolute atomic E-state index is 0.312. The average Bonchev–Trinajstić information content (AvgIpc) is 2.90. The number of rotatable bonds is 5. The number of hydrogen-bond donors (Lipinski definition) is 1. The first-order valence-electron chi connectivity index (χ1n) is 6.86. The van der Waals surface area contributed by atoms with Gasteiger partial charge >= 0.3 is 0 Å². The maximum absolute atomic E-state index is 4.29. The fourth-order valence-corrected chi connectivity index (χ4v) is 2.53. The summed E-state index contributed by atoms with van der Waals surface area (Å²) in [6, 6.07) is 7.87. The summed E-state index contributed by atoms with van der Waals surface area (Å²) in [6.45, 7) is 1.87. The summed E-state index contributed by atoms with van der Waals surface area (Å²) in [6.07, 6.45) is 8.29. The highest BCUT2D eigenvalue weighted by molar-refractivity contribution is 5.44. The van der Waals surface area contributed by atoms with E-state index in [0.717, 1.165) is 24.7 Å². The number of anilines is 1. The lowest BCUT2D eigenvalue weighted by atomic mass is 10.1. The third kappa shape index (κ3) is 2.03. The van der Waals surface area contributed by atoms with Crippen molar-refractivity contribution in [2.24, 2.45) is 5.41 Å². The number of nitrogens with zero attached hydrogens (tertiary/aromatic N) is 5. The Morgan fingerprint density at radius 2 is 2.10 bits per heavy atom. The van der Waals surface area contributed by atoms with Gasteiger partial charge in [-0.2, -0.15) is 5.10 Å². The van der Waals surface area contributed by atoms with Crippen LogP contribution < -0.4 is 5.32 Å². The summed E-state index contributed by atoms with van der Waals surface area (Å²) in [5.74, 6) is 0.812. The molecule has 0 aliphatic heterocycles. The molecule has 0 radical (unpaired) electrons. The second-order valence-electron chi connectivity index (χ2n) is 5.51. The van der Waals surface area contributed by atoms with E-state index in [1.165, 1.54) is 12.8 Å². The van der Waals surface area contributed by atoms with Gasteiger partial charge in [0.1, 0.15) is 0 Å². The van der Waals surface area contributed by atoms with Gasteiger partial charge < -0.3 is 5.32 Å². The Balaban J connectivity index is 1.47. The fraction of sp³-hybridized carbons (Fsp3) is 0.357. The molecule has 3 aromatic rings. The average molecular weight is 268 g/mol. The quantitative estimate of drug-likeness (QED) is 0.766. The van der Waals surface area contributed by atoms with Crippen molar-refractivity contribution in [3.63, 3.8) is 0 Å². The molecule has 1 fully saturated rings.